The van der Waals surface area contributed by atoms with Gasteiger partial charge in [-0.05, 0) is 44.8 Å². The van der Waals surface area contributed by atoms with Crippen LogP contribution in [0.3, 0.4) is 0 Å². The molecule has 0 bridgehead atoms. The fourth-order valence-electron chi connectivity index (χ4n) is 3.20. The molecule has 3 atom stereocenters. The van der Waals surface area contributed by atoms with Crippen molar-refractivity contribution in [3.8, 4) is 0 Å². The summed E-state index contributed by atoms with van der Waals surface area (Å²) in [5.41, 5.74) is 0. The molecule has 1 aliphatic heterocycles. The lowest BCUT2D eigenvalue weighted by Crippen LogP contribution is -2.40. The first-order valence-electron chi connectivity index (χ1n) is 7.72. The van der Waals surface area contributed by atoms with Crippen LogP contribution in [-0.2, 0) is 0 Å². The van der Waals surface area contributed by atoms with Crippen LogP contribution in [0.2, 0.25) is 0 Å². The number of likely N-dealkylation sites (tertiary alicyclic amines) is 1. The normalized spacial score (nSPS) is 27.0. The van der Waals surface area contributed by atoms with Gasteiger partial charge < -0.3 is 10.6 Å². The van der Waals surface area contributed by atoms with Gasteiger partial charge in [-0.1, -0.05) is 27.7 Å². The second kappa shape index (κ2) is 8.13. The van der Waals surface area contributed by atoms with Gasteiger partial charge in [0.1, 0.15) is 0 Å². The van der Waals surface area contributed by atoms with Crippen LogP contribution in [0.1, 0.15) is 40.5 Å². The van der Waals surface area contributed by atoms with E-state index in [0.717, 1.165) is 24.4 Å². The Morgan fingerprint density at radius 3 is 2.50 bits per heavy atom. The summed E-state index contributed by atoms with van der Waals surface area (Å²) >= 11 is 0. The highest BCUT2D eigenvalue weighted by atomic mass is 15.2. The van der Waals surface area contributed by atoms with Crippen LogP contribution in [0.15, 0.2) is 0 Å². The Hall–Kier alpha value is -0.120. The molecule has 0 spiro atoms. The van der Waals surface area contributed by atoms with Crippen molar-refractivity contribution < 1.29 is 0 Å². The second-order valence-electron chi connectivity index (χ2n) is 6.13. The van der Waals surface area contributed by atoms with E-state index in [0.29, 0.717) is 6.04 Å². The molecule has 1 rings (SSSR count). The zero-order valence-corrected chi connectivity index (χ0v) is 13.0. The minimum Gasteiger partial charge on any atom is -0.317 e. The summed E-state index contributed by atoms with van der Waals surface area (Å²) in [5, 5.41) is 6.89. The van der Waals surface area contributed by atoms with Crippen molar-refractivity contribution in [3.63, 3.8) is 0 Å². The van der Waals surface area contributed by atoms with Gasteiger partial charge in [0, 0.05) is 25.2 Å². The number of nitrogens with zero attached hydrogens (tertiary/aromatic N) is 1. The summed E-state index contributed by atoms with van der Waals surface area (Å²) in [5.74, 6) is 1.54. The van der Waals surface area contributed by atoms with E-state index in [1.165, 1.54) is 32.5 Å². The van der Waals surface area contributed by atoms with Gasteiger partial charge in [0.15, 0.2) is 0 Å². The van der Waals surface area contributed by atoms with Gasteiger partial charge in [0.2, 0.25) is 0 Å². The van der Waals surface area contributed by atoms with Crippen molar-refractivity contribution in [2.75, 3.05) is 33.2 Å². The Balaban J connectivity index is 2.42. The topological polar surface area (TPSA) is 27.3 Å². The van der Waals surface area contributed by atoms with Crippen LogP contribution < -0.4 is 10.6 Å². The Bertz CT molecular complexity index is 218. The Kier molecular flexibility index (Phi) is 7.20. The molecule has 1 saturated heterocycles. The Labute approximate surface area is 114 Å². The van der Waals surface area contributed by atoms with Crippen molar-refractivity contribution in [1.29, 1.82) is 0 Å². The minimum absolute atomic E-state index is 0.681. The quantitative estimate of drug-likeness (QED) is 0.649. The Morgan fingerprint density at radius 2 is 2.00 bits per heavy atom. The van der Waals surface area contributed by atoms with Crippen LogP contribution in [0.5, 0.6) is 0 Å². The molecule has 0 amide bonds. The maximum absolute atomic E-state index is 3.46. The zero-order chi connectivity index (χ0) is 13.5. The standard InChI is InChI=1S/C15H33N3/c1-6-17-9-7-8-15(12(2)3)18-10-13(4)14(11-18)16-5/h12-17H,6-11H2,1-5H3/t13-,14?,15?/m0/s1. The molecule has 2 N–H and O–H groups in total. The predicted molar refractivity (Wildman–Crippen MR) is 80.0 cm³/mol. The molecule has 3 nitrogen and oxygen atoms in total. The third-order valence-corrected chi connectivity index (χ3v) is 4.35. The number of hydrogen-bond acceptors (Lipinski definition) is 3. The van der Waals surface area contributed by atoms with Gasteiger partial charge in [0.25, 0.3) is 0 Å². The summed E-state index contributed by atoms with van der Waals surface area (Å²) in [6, 6.07) is 1.43. The number of nitrogens with one attached hydrogen (secondary N) is 2. The first-order chi connectivity index (χ1) is 8.60. The molecule has 3 heteroatoms. The number of rotatable bonds is 8. The predicted octanol–water partition coefficient (Wildman–Crippen LogP) is 1.94. The van der Waals surface area contributed by atoms with Gasteiger partial charge in [-0.15, -0.1) is 0 Å². The highest BCUT2D eigenvalue weighted by Crippen LogP contribution is 2.24. The van der Waals surface area contributed by atoms with Crippen molar-refractivity contribution in [2.24, 2.45) is 11.8 Å². The smallest absolute Gasteiger partial charge is 0.0229 e. The van der Waals surface area contributed by atoms with E-state index in [4.69, 9.17) is 0 Å². The molecular weight excluding hydrogens is 222 g/mol. The highest BCUT2D eigenvalue weighted by molar-refractivity contribution is 4.90. The van der Waals surface area contributed by atoms with E-state index in [2.05, 4.69) is 50.3 Å². The first-order valence-corrected chi connectivity index (χ1v) is 7.72. The summed E-state index contributed by atoms with van der Waals surface area (Å²) < 4.78 is 0. The van der Waals surface area contributed by atoms with Crippen LogP contribution in [0.4, 0.5) is 0 Å². The van der Waals surface area contributed by atoms with Crippen molar-refractivity contribution >= 4 is 0 Å². The molecule has 18 heavy (non-hydrogen) atoms. The third-order valence-electron chi connectivity index (χ3n) is 4.35. The molecule has 0 aromatic rings. The van der Waals surface area contributed by atoms with E-state index in [1.807, 2.05) is 0 Å². The molecule has 2 unspecified atom stereocenters. The van der Waals surface area contributed by atoms with E-state index >= 15 is 0 Å². The molecule has 0 radical (unpaired) electrons. The summed E-state index contributed by atoms with van der Waals surface area (Å²) in [6.07, 6.45) is 2.62. The van der Waals surface area contributed by atoms with E-state index in [-0.39, 0.29) is 0 Å². The van der Waals surface area contributed by atoms with Crippen molar-refractivity contribution in [2.45, 2.75) is 52.6 Å². The lowest BCUT2D eigenvalue weighted by molar-refractivity contribution is 0.171. The molecule has 0 saturated carbocycles. The summed E-state index contributed by atoms with van der Waals surface area (Å²) in [7, 11) is 2.10. The third kappa shape index (κ3) is 4.52. The SMILES string of the molecule is CCNCCCC(C(C)C)N1CC(NC)[C@@H](C)C1. The fourth-order valence-corrected chi connectivity index (χ4v) is 3.20. The molecule has 108 valence electrons. The molecule has 0 aromatic carbocycles. The van der Waals surface area contributed by atoms with Gasteiger partial charge in [-0.2, -0.15) is 0 Å². The Morgan fingerprint density at radius 1 is 1.28 bits per heavy atom. The molecule has 1 heterocycles. The van der Waals surface area contributed by atoms with Gasteiger partial charge in [0.05, 0.1) is 0 Å². The number of likely N-dealkylation sites (N-methyl/N-ethyl adjacent to an activating group) is 1. The largest absolute Gasteiger partial charge is 0.317 e. The van der Waals surface area contributed by atoms with Gasteiger partial charge in [-0.3, -0.25) is 4.90 Å². The highest BCUT2D eigenvalue weighted by Gasteiger charge is 2.33. The molecular formula is C15H33N3. The maximum Gasteiger partial charge on any atom is 0.0229 e. The summed E-state index contributed by atoms with van der Waals surface area (Å²) in [6.45, 7) is 14.0. The van der Waals surface area contributed by atoms with Crippen molar-refractivity contribution in [1.82, 2.24) is 15.5 Å². The second-order valence-corrected chi connectivity index (χ2v) is 6.13. The summed E-state index contributed by atoms with van der Waals surface area (Å²) in [4.78, 5) is 2.71. The minimum atomic E-state index is 0.681. The van der Waals surface area contributed by atoms with Crippen LogP contribution >= 0.6 is 0 Å². The van der Waals surface area contributed by atoms with Gasteiger partial charge >= 0.3 is 0 Å². The van der Waals surface area contributed by atoms with Crippen LogP contribution in [0.25, 0.3) is 0 Å². The van der Waals surface area contributed by atoms with Crippen LogP contribution in [0, 0.1) is 11.8 Å². The monoisotopic (exact) mass is 255 g/mol. The zero-order valence-electron chi connectivity index (χ0n) is 13.0. The molecule has 1 fully saturated rings. The molecule has 0 aromatic heterocycles. The molecule has 1 aliphatic rings. The average molecular weight is 255 g/mol. The van der Waals surface area contributed by atoms with Crippen LogP contribution in [-0.4, -0.2) is 50.2 Å². The average Bonchev–Trinajstić information content (AvgIpc) is 2.69. The lowest BCUT2D eigenvalue weighted by atomic mass is 9.97. The molecule has 0 aliphatic carbocycles. The fraction of sp³-hybridized carbons (Fsp3) is 1.00. The first kappa shape index (κ1) is 15.9. The van der Waals surface area contributed by atoms with Gasteiger partial charge in [-0.25, -0.2) is 0 Å². The maximum atomic E-state index is 3.46. The lowest BCUT2D eigenvalue weighted by Gasteiger charge is -2.31. The van der Waals surface area contributed by atoms with E-state index in [1.54, 1.807) is 0 Å². The van der Waals surface area contributed by atoms with Crippen molar-refractivity contribution in [3.05, 3.63) is 0 Å². The number of hydrogen-bond donors (Lipinski definition) is 2. The van der Waals surface area contributed by atoms with E-state index < -0.39 is 0 Å². The van der Waals surface area contributed by atoms with E-state index in [9.17, 15) is 0 Å².